The Balaban J connectivity index is 1.64. The van der Waals surface area contributed by atoms with Crippen LogP contribution in [-0.4, -0.2) is 33.5 Å². The minimum atomic E-state index is 0.0103. The maximum absolute atomic E-state index is 12.1. The first-order chi connectivity index (χ1) is 9.76. The molecule has 1 N–H and O–H groups in total. The third kappa shape index (κ3) is 2.62. The summed E-state index contributed by atoms with van der Waals surface area (Å²) >= 11 is 1.32. The predicted octanol–water partition coefficient (Wildman–Crippen LogP) is 2.07. The second-order valence-corrected chi connectivity index (χ2v) is 5.14. The molecular weight excluding hydrogens is 278 g/mol. The largest absolute Gasteiger partial charge is 0.454 e. The van der Waals surface area contributed by atoms with Crippen LogP contribution in [0.4, 0.5) is 0 Å². The molecule has 20 heavy (non-hydrogen) atoms. The average Bonchev–Trinajstić information content (AvgIpc) is 3.12. The normalized spacial score (nSPS) is 12.7. The van der Waals surface area contributed by atoms with E-state index in [0.717, 1.165) is 12.2 Å². The summed E-state index contributed by atoms with van der Waals surface area (Å²) in [5, 5.41) is 7.46. The second-order valence-electron chi connectivity index (χ2n) is 4.20. The molecule has 2 heterocycles. The molecule has 1 aliphatic rings. The quantitative estimate of drug-likeness (QED) is 0.671. The number of nitrogens with one attached hydrogen (secondary N) is 1. The van der Waals surface area contributed by atoms with Gasteiger partial charge in [0, 0.05) is 12.0 Å². The maximum Gasteiger partial charge on any atom is 0.231 e. The molecule has 2 aromatic rings. The first-order valence-electron chi connectivity index (χ1n) is 6.23. The minimum absolute atomic E-state index is 0.0103. The molecule has 104 valence electrons. The van der Waals surface area contributed by atoms with Crippen LogP contribution in [0.1, 0.15) is 23.1 Å². The number of ketones is 1. The van der Waals surface area contributed by atoms with Gasteiger partial charge in [0.2, 0.25) is 11.9 Å². The summed E-state index contributed by atoms with van der Waals surface area (Å²) in [6, 6.07) is 5.20. The average molecular weight is 291 g/mol. The highest BCUT2D eigenvalue weighted by atomic mass is 32.2. The molecule has 1 aliphatic heterocycles. The zero-order valence-corrected chi connectivity index (χ0v) is 11.7. The van der Waals surface area contributed by atoms with Crippen molar-refractivity contribution in [3.8, 4) is 11.5 Å². The van der Waals surface area contributed by atoms with Crippen molar-refractivity contribution in [1.82, 2.24) is 15.2 Å². The lowest BCUT2D eigenvalue weighted by Gasteiger charge is -2.01. The molecule has 7 heteroatoms. The molecule has 1 aromatic carbocycles. The Labute approximate surface area is 119 Å². The van der Waals surface area contributed by atoms with Crippen molar-refractivity contribution < 1.29 is 14.3 Å². The third-order valence-corrected chi connectivity index (χ3v) is 3.72. The number of hydrogen-bond donors (Lipinski definition) is 1. The van der Waals surface area contributed by atoms with E-state index in [-0.39, 0.29) is 12.6 Å². The highest BCUT2D eigenvalue weighted by Gasteiger charge is 2.16. The number of ether oxygens (including phenoxy) is 2. The van der Waals surface area contributed by atoms with E-state index < -0.39 is 0 Å². The van der Waals surface area contributed by atoms with Crippen molar-refractivity contribution in [2.45, 2.75) is 18.5 Å². The fourth-order valence-corrected chi connectivity index (χ4v) is 2.50. The molecule has 3 rings (SSSR count). The van der Waals surface area contributed by atoms with Crippen LogP contribution in [0, 0.1) is 0 Å². The number of fused-ring (bicyclic) bond motifs is 1. The number of aromatic amines is 1. The Hall–Kier alpha value is -2.02. The van der Waals surface area contributed by atoms with Gasteiger partial charge in [0.25, 0.3) is 0 Å². The van der Waals surface area contributed by atoms with Crippen molar-refractivity contribution >= 4 is 17.5 Å². The van der Waals surface area contributed by atoms with Crippen LogP contribution in [0.3, 0.4) is 0 Å². The molecule has 0 fully saturated rings. The van der Waals surface area contributed by atoms with Gasteiger partial charge in [-0.1, -0.05) is 18.7 Å². The Bertz CT molecular complexity index is 642. The Morgan fingerprint density at radius 2 is 2.25 bits per heavy atom. The van der Waals surface area contributed by atoms with E-state index in [2.05, 4.69) is 15.2 Å². The van der Waals surface area contributed by atoms with E-state index in [1.807, 2.05) is 6.92 Å². The molecule has 6 nitrogen and oxygen atoms in total. The molecule has 0 spiro atoms. The number of benzene rings is 1. The standard InChI is InChI=1S/C13H13N3O3S/c1-2-12-14-13(16-15-12)20-6-9(17)8-3-4-10-11(5-8)19-7-18-10/h3-5H,2,6-7H2,1H3,(H,14,15,16). The summed E-state index contributed by atoms with van der Waals surface area (Å²) in [5.41, 5.74) is 0.605. The third-order valence-electron chi connectivity index (χ3n) is 2.87. The zero-order valence-electron chi connectivity index (χ0n) is 10.9. The van der Waals surface area contributed by atoms with Gasteiger partial charge >= 0.3 is 0 Å². The topological polar surface area (TPSA) is 77.1 Å². The summed E-state index contributed by atoms with van der Waals surface area (Å²) in [5.74, 6) is 2.42. The lowest BCUT2D eigenvalue weighted by Crippen LogP contribution is -2.02. The fourth-order valence-electron chi connectivity index (χ4n) is 1.78. The molecule has 0 unspecified atom stereocenters. The number of aryl methyl sites for hydroxylation is 1. The smallest absolute Gasteiger partial charge is 0.231 e. The van der Waals surface area contributed by atoms with E-state index in [9.17, 15) is 4.79 Å². The number of thioether (sulfide) groups is 1. The molecule has 0 saturated heterocycles. The minimum Gasteiger partial charge on any atom is -0.454 e. The van der Waals surface area contributed by atoms with E-state index in [1.54, 1.807) is 18.2 Å². The number of Topliss-reactive ketones (excluding diaryl/α,β-unsaturated/α-hetero) is 1. The van der Waals surface area contributed by atoms with Gasteiger partial charge in [-0.05, 0) is 18.2 Å². The predicted molar refractivity (Wildman–Crippen MR) is 73.4 cm³/mol. The molecule has 0 aliphatic carbocycles. The Morgan fingerprint density at radius 1 is 1.40 bits per heavy atom. The van der Waals surface area contributed by atoms with Crippen LogP contribution in [0.5, 0.6) is 11.5 Å². The Kier molecular flexibility index (Phi) is 3.60. The number of nitrogens with zero attached hydrogens (tertiary/aromatic N) is 2. The molecule has 0 amide bonds. The maximum atomic E-state index is 12.1. The fraction of sp³-hybridized carbons (Fsp3) is 0.308. The molecule has 1 aromatic heterocycles. The van der Waals surface area contributed by atoms with E-state index in [0.29, 0.717) is 28.0 Å². The van der Waals surface area contributed by atoms with Crippen molar-refractivity contribution in [3.63, 3.8) is 0 Å². The van der Waals surface area contributed by atoms with Crippen LogP contribution >= 0.6 is 11.8 Å². The SMILES string of the molecule is CCc1nc(SCC(=O)c2ccc3c(c2)OCO3)n[nH]1. The van der Waals surface area contributed by atoms with Crippen LogP contribution in [0.15, 0.2) is 23.4 Å². The lowest BCUT2D eigenvalue weighted by atomic mass is 10.1. The molecule has 0 radical (unpaired) electrons. The van der Waals surface area contributed by atoms with Gasteiger partial charge in [0.05, 0.1) is 5.75 Å². The van der Waals surface area contributed by atoms with E-state index in [1.165, 1.54) is 11.8 Å². The molecular formula is C13H13N3O3S. The van der Waals surface area contributed by atoms with Crippen molar-refractivity contribution in [1.29, 1.82) is 0 Å². The van der Waals surface area contributed by atoms with E-state index >= 15 is 0 Å². The van der Waals surface area contributed by atoms with Crippen LogP contribution in [-0.2, 0) is 6.42 Å². The monoisotopic (exact) mass is 291 g/mol. The second kappa shape index (κ2) is 5.54. The zero-order chi connectivity index (χ0) is 13.9. The summed E-state index contributed by atoms with van der Waals surface area (Å²) in [4.78, 5) is 16.4. The number of rotatable bonds is 5. The van der Waals surface area contributed by atoms with Gasteiger partial charge in [-0.25, -0.2) is 4.98 Å². The summed E-state index contributed by atoms with van der Waals surface area (Å²) < 4.78 is 10.5. The van der Waals surface area contributed by atoms with Crippen LogP contribution < -0.4 is 9.47 Å². The highest BCUT2D eigenvalue weighted by molar-refractivity contribution is 7.99. The van der Waals surface area contributed by atoms with E-state index in [4.69, 9.17) is 9.47 Å². The molecule has 0 saturated carbocycles. The van der Waals surface area contributed by atoms with Gasteiger partial charge in [-0.2, -0.15) is 0 Å². The number of aromatic nitrogens is 3. The van der Waals surface area contributed by atoms with Crippen LogP contribution in [0.2, 0.25) is 0 Å². The lowest BCUT2D eigenvalue weighted by molar-refractivity contribution is 0.102. The molecule has 0 atom stereocenters. The van der Waals surface area contributed by atoms with Gasteiger partial charge in [0.1, 0.15) is 5.82 Å². The Morgan fingerprint density at radius 3 is 3.05 bits per heavy atom. The summed E-state index contributed by atoms with van der Waals surface area (Å²) in [6.07, 6.45) is 0.795. The number of carbonyl (C=O) groups is 1. The van der Waals surface area contributed by atoms with Gasteiger partial charge in [-0.3, -0.25) is 9.89 Å². The number of hydrogen-bond acceptors (Lipinski definition) is 6. The van der Waals surface area contributed by atoms with Gasteiger partial charge in [-0.15, -0.1) is 5.10 Å². The number of H-pyrrole nitrogens is 1. The van der Waals surface area contributed by atoms with Crippen molar-refractivity contribution in [3.05, 3.63) is 29.6 Å². The number of carbonyl (C=O) groups excluding carboxylic acids is 1. The van der Waals surface area contributed by atoms with Gasteiger partial charge in [0.15, 0.2) is 17.3 Å². The van der Waals surface area contributed by atoms with Crippen molar-refractivity contribution in [2.24, 2.45) is 0 Å². The molecule has 0 bridgehead atoms. The first-order valence-corrected chi connectivity index (χ1v) is 7.21. The summed E-state index contributed by atoms with van der Waals surface area (Å²) in [7, 11) is 0. The first kappa shape index (κ1) is 13.0. The van der Waals surface area contributed by atoms with Crippen LogP contribution in [0.25, 0.3) is 0 Å². The highest BCUT2D eigenvalue weighted by Crippen LogP contribution is 2.32. The van der Waals surface area contributed by atoms with Crippen molar-refractivity contribution in [2.75, 3.05) is 12.5 Å². The summed E-state index contributed by atoms with van der Waals surface area (Å²) in [6.45, 7) is 2.20. The van der Waals surface area contributed by atoms with Gasteiger partial charge < -0.3 is 9.47 Å².